The summed E-state index contributed by atoms with van der Waals surface area (Å²) < 4.78 is 0. The van der Waals surface area contributed by atoms with Gasteiger partial charge in [-0.2, -0.15) is 0 Å². The molecule has 0 bridgehead atoms. The van der Waals surface area contributed by atoms with Crippen molar-refractivity contribution in [3.8, 4) is 0 Å². The Morgan fingerprint density at radius 2 is 2.13 bits per heavy atom. The topological polar surface area (TPSA) is 26.7 Å². The lowest BCUT2D eigenvalue weighted by molar-refractivity contribution is 0.141. The number of nitrogens with zero attached hydrogens (tertiary/aromatic N) is 2. The summed E-state index contributed by atoms with van der Waals surface area (Å²) in [7, 11) is 2.19. The predicted molar refractivity (Wildman–Crippen MR) is 64.1 cm³/mol. The van der Waals surface area contributed by atoms with Crippen molar-refractivity contribution in [2.45, 2.75) is 45.2 Å². The van der Waals surface area contributed by atoms with Gasteiger partial charge >= 0.3 is 0 Å². The largest absolute Gasteiger partial charge is 0.396 e. The Morgan fingerprint density at radius 1 is 1.40 bits per heavy atom. The first-order chi connectivity index (χ1) is 7.19. The molecule has 0 aliphatic carbocycles. The van der Waals surface area contributed by atoms with E-state index in [4.69, 9.17) is 5.11 Å². The van der Waals surface area contributed by atoms with Gasteiger partial charge in [-0.3, -0.25) is 4.90 Å². The first-order valence-electron chi connectivity index (χ1n) is 6.24. The molecule has 1 fully saturated rings. The molecule has 0 saturated carbocycles. The number of aliphatic hydroxyl groups is 1. The molecule has 3 heteroatoms. The Bertz CT molecular complexity index is 175. The summed E-state index contributed by atoms with van der Waals surface area (Å²) in [5, 5.41) is 9.09. The van der Waals surface area contributed by atoms with E-state index < -0.39 is 0 Å². The lowest BCUT2D eigenvalue weighted by Crippen LogP contribution is -2.42. The summed E-state index contributed by atoms with van der Waals surface area (Å²) in [5.41, 5.74) is 0. The SMILES string of the molecule is CCCN1CCC(C)N(C)C(CCO)C1. The first kappa shape index (κ1) is 12.9. The third-order valence-corrected chi connectivity index (χ3v) is 3.61. The zero-order chi connectivity index (χ0) is 11.3. The van der Waals surface area contributed by atoms with Crippen molar-refractivity contribution < 1.29 is 5.11 Å². The fraction of sp³-hybridized carbons (Fsp3) is 1.00. The number of hydrogen-bond acceptors (Lipinski definition) is 3. The highest BCUT2D eigenvalue weighted by Crippen LogP contribution is 2.16. The lowest BCUT2D eigenvalue weighted by atomic mass is 10.1. The number of likely N-dealkylation sites (N-methyl/N-ethyl adjacent to an activating group) is 1. The van der Waals surface area contributed by atoms with Crippen LogP contribution in [0.5, 0.6) is 0 Å². The van der Waals surface area contributed by atoms with Crippen LogP contribution >= 0.6 is 0 Å². The van der Waals surface area contributed by atoms with Crippen LogP contribution in [-0.4, -0.2) is 60.3 Å². The molecule has 0 aromatic carbocycles. The van der Waals surface area contributed by atoms with Crippen LogP contribution in [0.3, 0.4) is 0 Å². The van der Waals surface area contributed by atoms with Gasteiger partial charge in [0.1, 0.15) is 0 Å². The van der Waals surface area contributed by atoms with Gasteiger partial charge in [0.25, 0.3) is 0 Å². The van der Waals surface area contributed by atoms with Gasteiger partial charge in [0.15, 0.2) is 0 Å². The molecule has 1 aliphatic heterocycles. The normalized spacial score (nSPS) is 30.4. The molecule has 0 aromatic rings. The average molecular weight is 214 g/mol. The molecule has 0 amide bonds. The van der Waals surface area contributed by atoms with Gasteiger partial charge in [0.2, 0.25) is 0 Å². The van der Waals surface area contributed by atoms with E-state index in [9.17, 15) is 0 Å². The van der Waals surface area contributed by atoms with Crippen molar-refractivity contribution in [1.82, 2.24) is 9.80 Å². The van der Waals surface area contributed by atoms with E-state index in [0.29, 0.717) is 18.7 Å². The molecule has 90 valence electrons. The number of rotatable bonds is 4. The maximum atomic E-state index is 9.09. The van der Waals surface area contributed by atoms with Gasteiger partial charge in [-0.05, 0) is 46.3 Å². The minimum absolute atomic E-state index is 0.307. The fourth-order valence-electron chi connectivity index (χ4n) is 2.41. The molecule has 1 aliphatic rings. The van der Waals surface area contributed by atoms with Gasteiger partial charge in [0.05, 0.1) is 0 Å². The molecule has 0 aromatic heterocycles. The molecule has 0 radical (unpaired) electrons. The van der Waals surface area contributed by atoms with Crippen LogP contribution in [0.4, 0.5) is 0 Å². The summed E-state index contributed by atoms with van der Waals surface area (Å²) in [6, 6.07) is 1.17. The van der Waals surface area contributed by atoms with Crippen molar-refractivity contribution in [3.05, 3.63) is 0 Å². The molecule has 0 spiro atoms. The molecule has 1 rings (SSSR count). The van der Waals surface area contributed by atoms with Crippen molar-refractivity contribution in [2.75, 3.05) is 33.3 Å². The monoisotopic (exact) mass is 214 g/mol. The molecule has 2 atom stereocenters. The van der Waals surface area contributed by atoms with Gasteiger partial charge in [0, 0.05) is 25.2 Å². The Kier molecular flexibility index (Phi) is 5.58. The summed E-state index contributed by atoms with van der Waals surface area (Å²) in [4.78, 5) is 4.98. The summed E-state index contributed by atoms with van der Waals surface area (Å²) >= 11 is 0. The standard InChI is InChI=1S/C12H26N2O/c1-4-7-14-8-5-11(2)13(3)12(10-14)6-9-15/h11-12,15H,4-10H2,1-3H3. The van der Waals surface area contributed by atoms with Gasteiger partial charge in [-0.1, -0.05) is 6.92 Å². The summed E-state index contributed by atoms with van der Waals surface area (Å²) in [6.45, 7) is 8.36. The average Bonchev–Trinajstić information content (AvgIpc) is 2.34. The van der Waals surface area contributed by atoms with E-state index in [2.05, 4.69) is 30.7 Å². The Balaban J connectivity index is 2.56. The van der Waals surface area contributed by atoms with Gasteiger partial charge in [-0.25, -0.2) is 0 Å². The zero-order valence-corrected chi connectivity index (χ0v) is 10.4. The Labute approximate surface area is 94.1 Å². The minimum Gasteiger partial charge on any atom is -0.396 e. The number of aliphatic hydroxyl groups excluding tert-OH is 1. The maximum absolute atomic E-state index is 9.09. The maximum Gasteiger partial charge on any atom is 0.0446 e. The van der Waals surface area contributed by atoms with Crippen molar-refractivity contribution in [3.63, 3.8) is 0 Å². The molecular formula is C12H26N2O. The van der Waals surface area contributed by atoms with Crippen LogP contribution in [0, 0.1) is 0 Å². The van der Waals surface area contributed by atoms with Crippen LogP contribution in [-0.2, 0) is 0 Å². The van der Waals surface area contributed by atoms with Crippen LogP contribution in [0.25, 0.3) is 0 Å². The molecule has 1 N–H and O–H groups in total. The smallest absolute Gasteiger partial charge is 0.0446 e. The third-order valence-electron chi connectivity index (χ3n) is 3.61. The van der Waals surface area contributed by atoms with E-state index in [1.807, 2.05) is 0 Å². The second-order valence-electron chi connectivity index (χ2n) is 4.77. The highest BCUT2D eigenvalue weighted by atomic mass is 16.3. The predicted octanol–water partition coefficient (Wildman–Crippen LogP) is 1.17. The molecular weight excluding hydrogens is 188 g/mol. The van der Waals surface area contributed by atoms with Crippen LogP contribution < -0.4 is 0 Å². The van der Waals surface area contributed by atoms with Crippen LogP contribution in [0.15, 0.2) is 0 Å². The summed E-state index contributed by atoms with van der Waals surface area (Å²) in [6.07, 6.45) is 3.38. The van der Waals surface area contributed by atoms with E-state index in [0.717, 1.165) is 13.0 Å². The minimum atomic E-state index is 0.307. The van der Waals surface area contributed by atoms with Crippen molar-refractivity contribution >= 4 is 0 Å². The van der Waals surface area contributed by atoms with E-state index in [-0.39, 0.29) is 0 Å². The van der Waals surface area contributed by atoms with E-state index in [1.54, 1.807) is 0 Å². The third kappa shape index (κ3) is 3.74. The van der Waals surface area contributed by atoms with Crippen LogP contribution in [0.2, 0.25) is 0 Å². The van der Waals surface area contributed by atoms with Crippen LogP contribution in [0.1, 0.15) is 33.1 Å². The Morgan fingerprint density at radius 3 is 2.73 bits per heavy atom. The first-order valence-corrected chi connectivity index (χ1v) is 6.24. The second kappa shape index (κ2) is 6.46. The zero-order valence-electron chi connectivity index (χ0n) is 10.4. The molecule has 1 saturated heterocycles. The fourth-order valence-corrected chi connectivity index (χ4v) is 2.41. The molecule has 3 nitrogen and oxygen atoms in total. The molecule has 15 heavy (non-hydrogen) atoms. The number of hydrogen-bond donors (Lipinski definition) is 1. The van der Waals surface area contributed by atoms with Gasteiger partial charge < -0.3 is 10.0 Å². The quantitative estimate of drug-likeness (QED) is 0.761. The lowest BCUT2D eigenvalue weighted by Gasteiger charge is -2.31. The second-order valence-corrected chi connectivity index (χ2v) is 4.77. The van der Waals surface area contributed by atoms with Gasteiger partial charge in [-0.15, -0.1) is 0 Å². The molecule has 1 heterocycles. The molecule has 2 unspecified atom stereocenters. The Hall–Kier alpha value is -0.120. The van der Waals surface area contributed by atoms with E-state index >= 15 is 0 Å². The van der Waals surface area contributed by atoms with Crippen molar-refractivity contribution in [1.29, 1.82) is 0 Å². The van der Waals surface area contributed by atoms with E-state index in [1.165, 1.54) is 25.9 Å². The highest BCUT2D eigenvalue weighted by Gasteiger charge is 2.25. The highest BCUT2D eigenvalue weighted by molar-refractivity contribution is 4.81. The van der Waals surface area contributed by atoms with Crippen molar-refractivity contribution in [2.24, 2.45) is 0 Å². The summed E-state index contributed by atoms with van der Waals surface area (Å²) in [5.74, 6) is 0.